The number of benzene rings is 2. The lowest BCUT2D eigenvalue weighted by molar-refractivity contribution is 0.625. The summed E-state index contributed by atoms with van der Waals surface area (Å²) < 4.78 is 15.2. The van der Waals surface area contributed by atoms with E-state index in [4.69, 9.17) is 0 Å². The Labute approximate surface area is 191 Å². The summed E-state index contributed by atoms with van der Waals surface area (Å²) in [5.74, 6) is 1.27. The largest absolute Gasteiger partial charge is 0.352 e. The molecule has 0 spiro atoms. The highest BCUT2D eigenvalue weighted by molar-refractivity contribution is 14.0. The van der Waals surface area contributed by atoms with Gasteiger partial charge in [-0.05, 0) is 47.2 Å². The molecule has 0 saturated heterocycles. The number of guanidine groups is 1. The Kier molecular flexibility index (Phi) is 9.39. The lowest BCUT2D eigenvalue weighted by atomic mass is 10.1. The van der Waals surface area contributed by atoms with E-state index in [1.54, 1.807) is 35.9 Å². The minimum atomic E-state index is -0.204. The molecule has 0 radical (unpaired) electrons. The van der Waals surface area contributed by atoms with E-state index in [0.29, 0.717) is 19.0 Å². The van der Waals surface area contributed by atoms with Gasteiger partial charge in [0, 0.05) is 25.9 Å². The fourth-order valence-corrected chi connectivity index (χ4v) is 3.33. The Morgan fingerprint density at radius 3 is 2.52 bits per heavy atom. The molecule has 1 heterocycles. The molecule has 0 aliphatic rings. The number of halogens is 2. The third kappa shape index (κ3) is 6.70. The molecule has 0 unspecified atom stereocenters. The fraction of sp³-hybridized carbons (Fsp3) is 0.250. The number of nitrogens with zero attached hydrogens (tertiary/aromatic N) is 4. The van der Waals surface area contributed by atoms with Crippen LogP contribution >= 0.6 is 35.7 Å². The molecular formula is C20H24FIN6S. The van der Waals surface area contributed by atoms with Crippen LogP contribution < -0.4 is 10.6 Å². The third-order valence-electron chi connectivity index (χ3n) is 4.22. The van der Waals surface area contributed by atoms with E-state index in [9.17, 15) is 4.39 Å². The van der Waals surface area contributed by atoms with Crippen molar-refractivity contribution >= 4 is 41.7 Å². The van der Waals surface area contributed by atoms with Gasteiger partial charge in [-0.1, -0.05) is 18.2 Å². The summed E-state index contributed by atoms with van der Waals surface area (Å²) >= 11 is 1.67. The average molecular weight is 526 g/mol. The average Bonchev–Trinajstić information content (AvgIpc) is 3.25. The van der Waals surface area contributed by atoms with Crippen molar-refractivity contribution in [3.8, 4) is 5.69 Å². The SMILES string of the molecule is CN=C(NCc1ccc(-n2cncn2)cc1)NCc1ccc(F)cc1CSC.I. The number of hydrogen-bond donors (Lipinski definition) is 2. The fourth-order valence-electron chi connectivity index (χ4n) is 2.75. The van der Waals surface area contributed by atoms with Crippen molar-refractivity contribution in [2.24, 2.45) is 4.99 Å². The summed E-state index contributed by atoms with van der Waals surface area (Å²) in [7, 11) is 1.73. The van der Waals surface area contributed by atoms with Crippen molar-refractivity contribution in [2.75, 3.05) is 13.3 Å². The zero-order chi connectivity index (χ0) is 19.8. The van der Waals surface area contributed by atoms with Crippen LogP contribution in [-0.4, -0.2) is 34.0 Å². The van der Waals surface area contributed by atoms with Gasteiger partial charge in [-0.2, -0.15) is 16.9 Å². The lowest BCUT2D eigenvalue weighted by Crippen LogP contribution is -2.36. The highest BCUT2D eigenvalue weighted by atomic mass is 127. The monoisotopic (exact) mass is 526 g/mol. The quantitative estimate of drug-likeness (QED) is 0.279. The molecule has 1 aromatic heterocycles. The van der Waals surface area contributed by atoms with Crippen LogP contribution in [0.2, 0.25) is 0 Å². The zero-order valence-corrected chi connectivity index (χ0v) is 19.4. The number of rotatable bonds is 7. The topological polar surface area (TPSA) is 67.1 Å². The molecular weight excluding hydrogens is 502 g/mol. The molecule has 3 aromatic rings. The minimum Gasteiger partial charge on any atom is -0.352 e. The van der Waals surface area contributed by atoms with Crippen LogP contribution in [0.5, 0.6) is 0 Å². The van der Waals surface area contributed by atoms with Crippen LogP contribution in [0.15, 0.2) is 60.1 Å². The zero-order valence-electron chi connectivity index (χ0n) is 16.3. The second kappa shape index (κ2) is 11.8. The molecule has 0 aliphatic heterocycles. The summed E-state index contributed by atoms with van der Waals surface area (Å²) in [5.41, 5.74) is 4.15. The van der Waals surface area contributed by atoms with Crippen LogP contribution in [0.4, 0.5) is 4.39 Å². The maximum Gasteiger partial charge on any atom is 0.191 e. The van der Waals surface area contributed by atoms with E-state index in [1.807, 2.05) is 36.6 Å². The van der Waals surface area contributed by atoms with Crippen molar-refractivity contribution in [1.29, 1.82) is 0 Å². The first kappa shape index (κ1) is 23.1. The van der Waals surface area contributed by atoms with Gasteiger partial charge >= 0.3 is 0 Å². The summed E-state index contributed by atoms with van der Waals surface area (Å²) in [6.07, 6.45) is 5.19. The summed E-state index contributed by atoms with van der Waals surface area (Å²) in [6, 6.07) is 13.0. The van der Waals surface area contributed by atoms with Crippen LogP contribution in [0.1, 0.15) is 16.7 Å². The first-order chi connectivity index (χ1) is 13.7. The first-order valence-electron chi connectivity index (χ1n) is 8.84. The molecule has 2 aromatic carbocycles. The van der Waals surface area contributed by atoms with Crippen LogP contribution in [0, 0.1) is 5.82 Å². The molecule has 3 rings (SSSR count). The molecule has 2 N–H and O–H groups in total. The molecule has 9 heteroatoms. The predicted octanol–water partition coefficient (Wildman–Crippen LogP) is 3.75. The van der Waals surface area contributed by atoms with Crippen LogP contribution in [-0.2, 0) is 18.8 Å². The van der Waals surface area contributed by atoms with Gasteiger partial charge in [0.2, 0.25) is 0 Å². The first-order valence-corrected chi connectivity index (χ1v) is 10.2. The number of nitrogens with one attached hydrogen (secondary N) is 2. The van der Waals surface area contributed by atoms with Crippen molar-refractivity contribution in [1.82, 2.24) is 25.4 Å². The molecule has 0 saturated carbocycles. The standard InChI is InChI=1S/C20H23FN6S.HI/c1-22-20(25-11-16-5-6-18(21)9-17(16)12-28-2)24-10-15-3-7-19(8-4-15)27-14-23-13-26-27;/h3-9,13-14H,10-12H2,1-2H3,(H2,22,24,25);1H. The van der Waals surface area contributed by atoms with Crippen LogP contribution in [0.3, 0.4) is 0 Å². The minimum absolute atomic E-state index is 0. The molecule has 6 nitrogen and oxygen atoms in total. The van der Waals surface area contributed by atoms with Crippen molar-refractivity contribution < 1.29 is 4.39 Å². The third-order valence-corrected chi connectivity index (χ3v) is 4.82. The Morgan fingerprint density at radius 2 is 1.86 bits per heavy atom. The van der Waals surface area contributed by atoms with Gasteiger partial charge in [-0.25, -0.2) is 14.1 Å². The lowest BCUT2D eigenvalue weighted by Gasteiger charge is -2.14. The maximum atomic E-state index is 13.5. The van der Waals surface area contributed by atoms with Gasteiger partial charge < -0.3 is 10.6 Å². The number of thioether (sulfide) groups is 1. The van der Waals surface area contributed by atoms with E-state index >= 15 is 0 Å². The summed E-state index contributed by atoms with van der Waals surface area (Å²) in [6.45, 7) is 1.22. The molecule has 154 valence electrons. The number of aromatic nitrogens is 3. The van der Waals surface area contributed by atoms with Gasteiger partial charge in [-0.15, -0.1) is 24.0 Å². The van der Waals surface area contributed by atoms with Crippen molar-refractivity contribution in [2.45, 2.75) is 18.8 Å². The second-order valence-corrected chi connectivity index (χ2v) is 7.00. The van der Waals surface area contributed by atoms with Gasteiger partial charge in [0.25, 0.3) is 0 Å². The van der Waals surface area contributed by atoms with E-state index in [1.165, 1.54) is 12.4 Å². The number of aliphatic imine (C=N–C) groups is 1. The Morgan fingerprint density at radius 1 is 1.10 bits per heavy atom. The predicted molar refractivity (Wildman–Crippen MR) is 127 cm³/mol. The Balaban J connectivity index is 0.00000300. The van der Waals surface area contributed by atoms with Crippen molar-refractivity contribution in [3.63, 3.8) is 0 Å². The van der Waals surface area contributed by atoms with E-state index in [0.717, 1.165) is 28.1 Å². The van der Waals surface area contributed by atoms with E-state index in [-0.39, 0.29) is 29.8 Å². The normalized spacial score (nSPS) is 11.1. The molecule has 0 amide bonds. The van der Waals surface area contributed by atoms with E-state index in [2.05, 4.69) is 25.7 Å². The summed E-state index contributed by atoms with van der Waals surface area (Å²) in [4.78, 5) is 8.22. The molecule has 0 aliphatic carbocycles. The van der Waals surface area contributed by atoms with E-state index < -0.39 is 0 Å². The van der Waals surface area contributed by atoms with Gasteiger partial charge in [0.05, 0.1) is 5.69 Å². The highest BCUT2D eigenvalue weighted by Gasteiger charge is 2.06. The highest BCUT2D eigenvalue weighted by Crippen LogP contribution is 2.16. The molecule has 0 bridgehead atoms. The van der Waals surface area contributed by atoms with Crippen LogP contribution in [0.25, 0.3) is 5.69 Å². The maximum absolute atomic E-state index is 13.5. The van der Waals surface area contributed by atoms with Gasteiger partial charge in [0.15, 0.2) is 5.96 Å². The Hall–Kier alpha value is -2.14. The van der Waals surface area contributed by atoms with Gasteiger partial charge in [-0.3, -0.25) is 4.99 Å². The van der Waals surface area contributed by atoms with Crippen molar-refractivity contribution in [3.05, 3.63) is 77.6 Å². The molecule has 0 fully saturated rings. The number of hydrogen-bond acceptors (Lipinski definition) is 4. The second-order valence-electron chi connectivity index (χ2n) is 6.13. The summed E-state index contributed by atoms with van der Waals surface area (Å²) in [5, 5.41) is 10.7. The van der Waals surface area contributed by atoms with Gasteiger partial charge in [0.1, 0.15) is 18.5 Å². The molecule has 0 atom stereocenters. The Bertz CT molecular complexity index is 915. The smallest absolute Gasteiger partial charge is 0.191 e. The molecule has 29 heavy (non-hydrogen) atoms.